The van der Waals surface area contributed by atoms with Gasteiger partial charge in [0, 0.05) is 10.2 Å². The molecule has 0 aliphatic heterocycles. The third-order valence-electron chi connectivity index (χ3n) is 4.33. The number of hydrogen-bond acceptors (Lipinski definition) is 0. The van der Waals surface area contributed by atoms with E-state index >= 15 is 0 Å². The van der Waals surface area contributed by atoms with Crippen molar-refractivity contribution in [2.24, 2.45) is 0 Å². The maximum atomic E-state index is 3.92. The smallest absolute Gasteiger partial charge is 0.0397 e. The Hall–Kier alpha value is -1.60. The van der Waals surface area contributed by atoms with Gasteiger partial charge in [-0.25, -0.2) is 0 Å². The molecule has 2 aromatic rings. The molecule has 0 spiro atoms. The monoisotopic (exact) mass is 289 g/mol. The Kier molecular flexibility index (Phi) is 3.41. The maximum Gasteiger partial charge on any atom is 0.0397 e. The SMILES string of the molecule is Cc1cc(C(C)(C)C)ccc1C1=Cc2ccccc2C1[Si]. The molecule has 0 N–H and O–H groups in total. The molecule has 105 valence electrons. The van der Waals surface area contributed by atoms with Crippen molar-refractivity contribution in [3.05, 3.63) is 70.3 Å². The first kappa shape index (κ1) is 14.3. The summed E-state index contributed by atoms with van der Waals surface area (Å²) in [6, 6.07) is 15.5. The van der Waals surface area contributed by atoms with Gasteiger partial charge >= 0.3 is 0 Å². The summed E-state index contributed by atoms with van der Waals surface area (Å²) in [5.41, 5.74) is 8.64. The molecule has 0 bridgehead atoms. The van der Waals surface area contributed by atoms with Gasteiger partial charge in [0.15, 0.2) is 0 Å². The zero-order valence-corrected chi connectivity index (χ0v) is 14.2. The molecule has 0 saturated heterocycles. The lowest BCUT2D eigenvalue weighted by Gasteiger charge is -2.21. The quantitative estimate of drug-likeness (QED) is 0.644. The molecule has 0 aromatic heterocycles. The van der Waals surface area contributed by atoms with Gasteiger partial charge in [-0.15, -0.1) is 0 Å². The first-order valence-electron chi connectivity index (χ1n) is 7.51. The molecule has 3 radical (unpaired) electrons. The first-order chi connectivity index (χ1) is 9.88. The second-order valence-electron chi connectivity index (χ2n) is 6.94. The van der Waals surface area contributed by atoms with Gasteiger partial charge in [-0.1, -0.05) is 69.3 Å². The average molecular weight is 289 g/mol. The van der Waals surface area contributed by atoms with E-state index in [1.54, 1.807) is 0 Å². The van der Waals surface area contributed by atoms with E-state index in [2.05, 4.69) is 86.5 Å². The molecule has 0 saturated carbocycles. The van der Waals surface area contributed by atoms with Gasteiger partial charge in [0.2, 0.25) is 0 Å². The molecule has 0 nitrogen and oxygen atoms in total. The van der Waals surface area contributed by atoms with E-state index in [1.807, 2.05) is 0 Å². The van der Waals surface area contributed by atoms with Crippen molar-refractivity contribution in [1.29, 1.82) is 0 Å². The van der Waals surface area contributed by atoms with Crippen LogP contribution in [0, 0.1) is 6.92 Å². The van der Waals surface area contributed by atoms with Crippen molar-refractivity contribution in [2.45, 2.75) is 38.7 Å². The number of rotatable bonds is 1. The Morgan fingerprint density at radius 3 is 2.33 bits per heavy atom. The fraction of sp³-hybridized carbons (Fsp3) is 0.300. The topological polar surface area (TPSA) is 0 Å². The summed E-state index contributed by atoms with van der Waals surface area (Å²) in [4.78, 5) is 0. The van der Waals surface area contributed by atoms with Crippen molar-refractivity contribution >= 4 is 21.9 Å². The van der Waals surface area contributed by atoms with Crippen LogP contribution in [0.25, 0.3) is 11.6 Å². The molecule has 0 fully saturated rings. The van der Waals surface area contributed by atoms with Crippen molar-refractivity contribution in [1.82, 2.24) is 0 Å². The minimum absolute atomic E-state index is 0.198. The first-order valence-corrected chi connectivity index (χ1v) is 8.09. The molecule has 1 aliphatic rings. The fourth-order valence-corrected chi connectivity index (χ4v) is 3.51. The highest BCUT2D eigenvalue weighted by Crippen LogP contribution is 2.41. The fourth-order valence-electron chi connectivity index (χ4n) is 3.01. The lowest BCUT2D eigenvalue weighted by molar-refractivity contribution is 0.589. The Balaban J connectivity index is 2.04. The minimum atomic E-state index is 0.198. The Bertz CT molecular complexity index is 717. The van der Waals surface area contributed by atoms with Crippen molar-refractivity contribution in [3.8, 4) is 0 Å². The number of hydrogen-bond donors (Lipinski definition) is 0. The molecular formula is C20H21Si. The van der Waals surface area contributed by atoms with Crippen LogP contribution < -0.4 is 0 Å². The Labute approximate surface area is 131 Å². The molecule has 1 aliphatic carbocycles. The summed E-state index contributed by atoms with van der Waals surface area (Å²) in [7, 11) is 3.92. The highest BCUT2D eigenvalue weighted by molar-refractivity contribution is 6.23. The van der Waals surface area contributed by atoms with Gasteiger partial charge in [-0.05, 0) is 51.3 Å². The van der Waals surface area contributed by atoms with Crippen LogP contribution in [-0.2, 0) is 5.41 Å². The highest BCUT2D eigenvalue weighted by Gasteiger charge is 2.23. The van der Waals surface area contributed by atoms with Crippen LogP contribution in [0.5, 0.6) is 0 Å². The van der Waals surface area contributed by atoms with E-state index in [1.165, 1.54) is 33.4 Å². The number of fused-ring (bicyclic) bond motifs is 1. The lowest BCUT2D eigenvalue weighted by Crippen LogP contribution is -2.11. The summed E-state index contributed by atoms with van der Waals surface area (Å²) in [6.45, 7) is 9.00. The second-order valence-corrected chi connectivity index (χ2v) is 7.52. The normalized spacial score (nSPS) is 17.6. The number of allylic oxidation sites excluding steroid dienone is 1. The predicted molar refractivity (Wildman–Crippen MR) is 92.7 cm³/mol. The van der Waals surface area contributed by atoms with Crippen molar-refractivity contribution < 1.29 is 0 Å². The van der Waals surface area contributed by atoms with E-state index in [9.17, 15) is 0 Å². The van der Waals surface area contributed by atoms with Crippen LogP contribution >= 0.6 is 0 Å². The minimum Gasteiger partial charge on any atom is -0.0619 e. The Morgan fingerprint density at radius 1 is 1.00 bits per heavy atom. The molecule has 21 heavy (non-hydrogen) atoms. The third kappa shape index (κ3) is 2.51. The molecule has 3 rings (SSSR count). The largest absolute Gasteiger partial charge is 0.0619 e. The van der Waals surface area contributed by atoms with E-state index in [0.717, 1.165) is 0 Å². The van der Waals surface area contributed by atoms with Crippen LogP contribution in [-0.4, -0.2) is 10.2 Å². The zero-order valence-electron chi connectivity index (χ0n) is 13.2. The van der Waals surface area contributed by atoms with Gasteiger partial charge in [-0.3, -0.25) is 0 Å². The van der Waals surface area contributed by atoms with Gasteiger partial charge in [0.05, 0.1) is 0 Å². The summed E-state index contributed by atoms with van der Waals surface area (Å²) in [5.74, 6) is 0. The maximum absolute atomic E-state index is 3.92. The van der Waals surface area contributed by atoms with Crippen molar-refractivity contribution in [3.63, 3.8) is 0 Å². The van der Waals surface area contributed by atoms with E-state index in [0.29, 0.717) is 5.54 Å². The molecule has 0 amide bonds. The predicted octanol–water partition coefficient (Wildman–Crippen LogP) is 5.06. The van der Waals surface area contributed by atoms with Gasteiger partial charge < -0.3 is 0 Å². The van der Waals surface area contributed by atoms with Crippen LogP contribution in [0.4, 0.5) is 0 Å². The van der Waals surface area contributed by atoms with E-state index in [4.69, 9.17) is 0 Å². The van der Waals surface area contributed by atoms with Crippen molar-refractivity contribution in [2.75, 3.05) is 0 Å². The number of aryl methyl sites for hydroxylation is 1. The molecule has 1 atom stereocenters. The lowest BCUT2D eigenvalue weighted by atomic mass is 9.84. The van der Waals surface area contributed by atoms with E-state index < -0.39 is 0 Å². The summed E-state index contributed by atoms with van der Waals surface area (Å²) >= 11 is 0. The third-order valence-corrected chi connectivity index (χ3v) is 4.95. The standard InChI is InChI=1S/C20H21Si/c1-13-11-15(20(2,3)4)9-10-16(13)18-12-14-7-5-6-8-17(14)19(18)21/h5-12,19H,1-4H3. The number of benzene rings is 2. The van der Waals surface area contributed by atoms with Gasteiger partial charge in [-0.2, -0.15) is 0 Å². The van der Waals surface area contributed by atoms with Crippen LogP contribution in [0.3, 0.4) is 0 Å². The summed E-state index contributed by atoms with van der Waals surface area (Å²) in [5, 5.41) is 0. The molecule has 1 unspecified atom stereocenters. The molecular weight excluding hydrogens is 268 g/mol. The van der Waals surface area contributed by atoms with Gasteiger partial charge in [0.25, 0.3) is 0 Å². The highest BCUT2D eigenvalue weighted by atomic mass is 28.1. The Morgan fingerprint density at radius 2 is 1.71 bits per heavy atom. The van der Waals surface area contributed by atoms with Crippen LogP contribution in [0.15, 0.2) is 42.5 Å². The summed E-state index contributed by atoms with van der Waals surface area (Å²) in [6.07, 6.45) is 2.31. The molecule has 0 heterocycles. The second kappa shape index (κ2) is 4.99. The molecule has 2 aromatic carbocycles. The zero-order chi connectivity index (χ0) is 15.2. The van der Waals surface area contributed by atoms with Gasteiger partial charge in [0.1, 0.15) is 0 Å². The van der Waals surface area contributed by atoms with Crippen LogP contribution in [0.2, 0.25) is 0 Å². The van der Waals surface area contributed by atoms with Crippen LogP contribution in [0.1, 0.15) is 54.1 Å². The average Bonchev–Trinajstić information content (AvgIpc) is 2.75. The molecule has 1 heteroatoms. The summed E-state index contributed by atoms with van der Waals surface area (Å²) < 4.78 is 0. The van der Waals surface area contributed by atoms with E-state index in [-0.39, 0.29) is 5.41 Å².